The lowest BCUT2D eigenvalue weighted by Crippen LogP contribution is -2.22. The van der Waals surface area contributed by atoms with Crippen molar-refractivity contribution in [3.8, 4) is 0 Å². The molecule has 0 aliphatic rings. The summed E-state index contributed by atoms with van der Waals surface area (Å²) in [6, 6.07) is 7.95. The average molecular weight is 338 g/mol. The van der Waals surface area contributed by atoms with E-state index in [9.17, 15) is 0 Å². The highest BCUT2D eigenvalue weighted by Crippen LogP contribution is 2.15. The largest absolute Gasteiger partial charge is 0.305 e. The minimum absolute atomic E-state index is 0.560. The number of halogens is 1. The first-order chi connectivity index (χ1) is 9.43. The van der Waals surface area contributed by atoms with E-state index in [1.807, 2.05) is 38.1 Å². The Morgan fingerprint density at radius 1 is 1.25 bits per heavy atom. The zero-order chi connectivity index (χ0) is 15.1. The Morgan fingerprint density at radius 2 is 1.85 bits per heavy atom. The SMILES string of the molecule is CCC(C)CC(=N)C(C)=C(C)NNc1ccc(Br)cc1. The van der Waals surface area contributed by atoms with Gasteiger partial charge in [-0.05, 0) is 56.0 Å². The Balaban J connectivity index is 2.59. The van der Waals surface area contributed by atoms with Gasteiger partial charge in [-0.25, -0.2) is 0 Å². The highest BCUT2D eigenvalue weighted by atomic mass is 79.9. The third-order valence-corrected chi connectivity index (χ3v) is 4.03. The molecule has 1 aromatic carbocycles. The molecule has 0 heterocycles. The number of nitrogens with one attached hydrogen (secondary N) is 3. The number of hydrogen-bond acceptors (Lipinski definition) is 3. The van der Waals surface area contributed by atoms with Gasteiger partial charge in [0.1, 0.15) is 0 Å². The van der Waals surface area contributed by atoms with Crippen LogP contribution in [0.2, 0.25) is 0 Å². The first-order valence-electron chi connectivity index (χ1n) is 6.96. The molecule has 1 rings (SSSR count). The Hall–Kier alpha value is -1.29. The van der Waals surface area contributed by atoms with Crippen molar-refractivity contribution in [3.63, 3.8) is 0 Å². The molecule has 0 amide bonds. The number of rotatable bonds is 7. The van der Waals surface area contributed by atoms with E-state index in [0.717, 1.165) is 34.3 Å². The Bertz CT molecular complexity index is 477. The van der Waals surface area contributed by atoms with Gasteiger partial charge in [0.05, 0.1) is 5.69 Å². The lowest BCUT2D eigenvalue weighted by Gasteiger charge is -2.15. The van der Waals surface area contributed by atoms with Crippen LogP contribution in [-0.2, 0) is 0 Å². The van der Waals surface area contributed by atoms with Gasteiger partial charge in [-0.3, -0.25) is 0 Å². The lowest BCUT2D eigenvalue weighted by atomic mass is 9.97. The molecule has 0 aromatic heterocycles. The first-order valence-corrected chi connectivity index (χ1v) is 7.76. The number of benzene rings is 1. The summed E-state index contributed by atoms with van der Waals surface area (Å²) in [5.74, 6) is 0.560. The maximum atomic E-state index is 8.14. The summed E-state index contributed by atoms with van der Waals surface area (Å²) in [6.07, 6.45) is 1.94. The molecule has 1 atom stereocenters. The normalized spacial score (nSPS) is 13.4. The Morgan fingerprint density at radius 3 is 2.40 bits per heavy atom. The van der Waals surface area contributed by atoms with Crippen LogP contribution in [-0.4, -0.2) is 5.71 Å². The van der Waals surface area contributed by atoms with Crippen molar-refractivity contribution in [3.05, 3.63) is 40.0 Å². The molecule has 20 heavy (non-hydrogen) atoms. The highest BCUT2D eigenvalue weighted by molar-refractivity contribution is 9.10. The summed E-state index contributed by atoms with van der Waals surface area (Å²) >= 11 is 3.41. The molecule has 4 heteroatoms. The van der Waals surface area contributed by atoms with Crippen LogP contribution in [0, 0.1) is 11.3 Å². The van der Waals surface area contributed by atoms with Gasteiger partial charge < -0.3 is 16.3 Å². The van der Waals surface area contributed by atoms with Crippen molar-refractivity contribution in [1.29, 1.82) is 5.41 Å². The third kappa shape index (κ3) is 5.37. The molecular weight excluding hydrogens is 314 g/mol. The summed E-state index contributed by atoms with van der Waals surface area (Å²) in [7, 11) is 0. The van der Waals surface area contributed by atoms with Crippen molar-refractivity contribution in [2.75, 3.05) is 5.43 Å². The van der Waals surface area contributed by atoms with E-state index < -0.39 is 0 Å². The van der Waals surface area contributed by atoms with Crippen LogP contribution in [0.3, 0.4) is 0 Å². The molecule has 3 N–H and O–H groups in total. The molecule has 1 unspecified atom stereocenters. The van der Waals surface area contributed by atoms with Crippen LogP contribution in [0.15, 0.2) is 40.0 Å². The number of hydrazine groups is 1. The fourth-order valence-electron chi connectivity index (χ4n) is 1.67. The van der Waals surface area contributed by atoms with Crippen LogP contribution in [0.5, 0.6) is 0 Å². The van der Waals surface area contributed by atoms with E-state index in [1.165, 1.54) is 0 Å². The second kappa shape index (κ2) is 8.10. The fraction of sp³-hybridized carbons (Fsp3) is 0.438. The van der Waals surface area contributed by atoms with Gasteiger partial charge in [0.15, 0.2) is 0 Å². The van der Waals surface area contributed by atoms with Crippen molar-refractivity contribution < 1.29 is 0 Å². The number of anilines is 1. The van der Waals surface area contributed by atoms with Crippen molar-refractivity contribution >= 4 is 27.3 Å². The van der Waals surface area contributed by atoms with Crippen LogP contribution < -0.4 is 10.9 Å². The summed E-state index contributed by atoms with van der Waals surface area (Å²) in [6.45, 7) is 8.34. The van der Waals surface area contributed by atoms with Crippen molar-refractivity contribution in [2.45, 2.75) is 40.5 Å². The molecule has 0 radical (unpaired) electrons. The quantitative estimate of drug-likeness (QED) is 0.478. The minimum Gasteiger partial charge on any atom is -0.305 e. The van der Waals surface area contributed by atoms with Gasteiger partial charge in [0, 0.05) is 15.9 Å². The second-order valence-corrected chi connectivity index (χ2v) is 6.12. The summed E-state index contributed by atoms with van der Waals surface area (Å²) in [4.78, 5) is 0. The van der Waals surface area contributed by atoms with Gasteiger partial charge in [0.2, 0.25) is 0 Å². The zero-order valence-electron chi connectivity index (χ0n) is 12.7. The van der Waals surface area contributed by atoms with E-state index in [0.29, 0.717) is 11.6 Å². The minimum atomic E-state index is 0.560. The van der Waals surface area contributed by atoms with Crippen LogP contribution in [0.25, 0.3) is 0 Å². The lowest BCUT2D eigenvalue weighted by molar-refractivity contribution is 0.585. The van der Waals surface area contributed by atoms with E-state index in [4.69, 9.17) is 5.41 Å². The molecule has 0 aliphatic heterocycles. The van der Waals surface area contributed by atoms with Gasteiger partial charge in [0.25, 0.3) is 0 Å². The summed E-state index contributed by atoms with van der Waals surface area (Å²) < 4.78 is 1.06. The van der Waals surface area contributed by atoms with E-state index in [2.05, 4.69) is 40.6 Å². The molecule has 0 fully saturated rings. The van der Waals surface area contributed by atoms with Crippen molar-refractivity contribution in [2.24, 2.45) is 5.92 Å². The van der Waals surface area contributed by atoms with Crippen LogP contribution in [0.1, 0.15) is 40.5 Å². The first kappa shape index (κ1) is 16.8. The predicted molar refractivity (Wildman–Crippen MR) is 91.1 cm³/mol. The van der Waals surface area contributed by atoms with Crippen LogP contribution in [0.4, 0.5) is 5.69 Å². The van der Waals surface area contributed by atoms with Crippen LogP contribution >= 0.6 is 15.9 Å². The Kier molecular flexibility index (Phi) is 6.79. The molecule has 0 aliphatic carbocycles. The number of hydrogen-bond donors (Lipinski definition) is 3. The predicted octanol–water partition coefficient (Wildman–Crippen LogP) is 5.12. The standard InChI is InChI=1S/C16H24BrN3/c1-5-11(2)10-16(18)12(3)13(4)19-20-15-8-6-14(17)7-9-15/h6-9,11,18-20H,5,10H2,1-4H3. The third-order valence-electron chi connectivity index (χ3n) is 3.50. The van der Waals surface area contributed by atoms with Crippen molar-refractivity contribution in [1.82, 2.24) is 5.43 Å². The molecule has 0 saturated heterocycles. The molecular formula is C16H24BrN3. The van der Waals surface area contributed by atoms with E-state index in [1.54, 1.807) is 0 Å². The van der Waals surface area contributed by atoms with E-state index >= 15 is 0 Å². The smallest absolute Gasteiger partial charge is 0.0540 e. The van der Waals surface area contributed by atoms with Gasteiger partial charge in [-0.1, -0.05) is 36.2 Å². The van der Waals surface area contributed by atoms with Gasteiger partial charge in [-0.15, -0.1) is 0 Å². The second-order valence-electron chi connectivity index (χ2n) is 5.20. The topological polar surface area (TPSA) is 47.9 Å². The molecule has 0 spiro atoms. The maximum Gasteiger partial charge on any atom is 0.0540 e. The van der Waals surface area contributed by atoms with Gasteiger partial charge in [-0.2, -0.15) is 0 Å². The molecule has 1 aromatic rings. The monoisotopic (exact) mass is 337 g/mol. The van der Waals surface area contributed by atoms with E-state index in [-0.39, 0.29) is 0 Å². The Labute approximate surface area is 130 Å². The summed E-state index contributed by atoms with van der Waals surface area (Å²) in [5, 5.41) is 8.14. The van der Waals surface area contributed by atoms with Gasteiger partial charge >= 0.3 is 0 Å². The maximum absolute atomic E-state index is 8.14. The molecule has 3 nitrogen and oxygen atoms in total. The zero-order valence-corrected chi connectivity index (χ0v) is 14.3. The molecule has 0 bridgehead atoms. The molecule has 0 saturated carbocycles. The molecule has 110 valence electrons. The number of allylic oxidation sites excluding steroid dienone is 2. The fourth-order valence-corrected chi connectivity index (χ4v) is 1.93. The summed E-state index contributed by atoms with van der Waals surface area (Å²) in [5.41, 5.74) is 10.0. The highest BCUT2D eigenvalue weighted by Gasteiger charge is 2.08. The average Bonchev–Trinajstić information content (AvgIpc) is 2.45.